The number of benzene rings is 1. The van der Waals surface area contributed by atoms with E-state index in [4.69, 9.17) is 4.74 Å². The molecule has 0 bridgehead atoms. The van der Waals surface area contributed by atoms with Gasteiger partial charge in [-0.2, -0.15) is 0 Å². The second kappa shape index (κ2) is 7.17. The maximum absolute atomic E-state index is 11.6. The molecule has 1 aromatic carbocycles. The Balaban J connectivity index is 2.46. The van der Waals surface area contributed by atoms with E-state index in [1.807, 2.05) is 19.9 Å². The highest BCUT2D eigenvalue weighted by Gasteiger charge is 2.22. The summed E-state index contributed by atoms with van der Waals surface area (Å²) in [7, 11) is 1.44. The summed E-state index contributed by atoms with van der Waals surface area (Å²) in [6, 6.07) is 8.36. The summed E-state index contributed by atoms with van der Waals surface area (Å²) in [6.45, 7) is 7.58. The zero-order chi connectivity index (χ0) is 13.5. The number of aryl methyl sites for hydroxylation is 1. The SMILES string of the molecule is COC(=O)C(CNCc1cccc(C)c1)C(C)C. The Morgan fingerprint density at radius 1 is 1.39 bits per heavy atom. The molecule has 0 heterocycles. The van der Waals surface area contributed by atoms with Crippen LogP contribution in [0.3, 0.4) is 0 Å². The summed E-state index contributed by atoms with van der Waals surface area (Å²) in [4.78, 5) is 11.6. The monoisotopic (exact) mass is 249 g/mol. The Labute approximate surface area is 110 Å². The largest absolute Gasteiger partial charge is 0.469 e. The molecule has 1 unspecified atom stereocenters. The van der Waals surface area contributed by atoms with E-state index in [2.05, 4.69) is 30.4 Å². The molecule has 0 fully saturated rings. The molecule has 18 heavy (non-hydrogen) atoms. The molecule has 3 heteroatoms. The lowest BCUT2D eigenvalue weighted by molar-refractivity contribution is -0.146. The van der Waals surface area contributed by atoms with Crippen molar-refractivity contribution in [3.63, 3.8) is 0 Å². The van der Waals surface area contributed by atoms with E-state index in [0.717, 1.165) is 6.54 Å². The van der Waals surface area contributed by atoms with Crippen LogP contribution in [0.25, 0.3) is 0 Å². The van der Waals surface area contributed by atoms with Crippen LogP contribution >= 0.6 is 0 Å². The van der Waals surface area contributed by atoms with Gasteiger partial charge in [-0.25, -0.2) is 0 Å². The fourth-order valence-corrected chi connectivity index (χ4v) is 1.94. The molecular formula is C15H23NO2. The van der Waals surface area contributed by atoms with Crippen molar-refractivity contribution in [2.24, 2.45) is 11.8 Å². The zero-order valence-electron chi connectivity index (χ0n) is 11.7. The zero-order valence-corrected chi connectivity index (χ0v) is 11.7. The van der Waals surface area contributed by atoms with Gasteiger partial charge in [0.05, 0.1) is 13.0 Å². The average molecular weight is 249 g/mol. The Morgan fingerprint density at radius 2 is 2.11 bits per heavy atom. The van der Waals surface area contributed by atoms with E-state index in [1.165, 1.54) is 18.2 Å². The number of hydrogen-bond acceptors (Lipinski definition) is 3. The van der Waals surface area contributed by atoms with Gasteiger partial charge in [-0.05, 0) is 18.4 Å². The molecule has 1 aromatic rings. The molecule has 1 N–H and O–H groups in total. The third-order valence-electron chi connectivity index (χ3n) is 3.08. The van der Waals surface area contributed by atoms with Crippen molar-refractivity contribution in [2.45, 2.75) is 27.3 Å². The lowest BCUT2D eigenvalue weighted by atomic mass is 9.96. The quantitative estimate of drug-likeness (QED) is 0.787. The number of rotatable bonds is 6. The van der Waals surface area contributed by atoms with Gasteiger partial charge >= 0.3 is 5.97 Å². The number of methoxy groups -OCH3 is 1. The fraction of sp³-hybridized carbons (Fsp3) is 0.533. The summed E-state index contributed by atoms with van der Waals surface area (Å²) in [5, 5.41) is 3.32. The van der Waals surface area contributed by atoms with Crippen molar-refractivity contribution in [3.05, 3.63) is 35.4 Å². The average Bonchev–Trinajstić information content (AvgIpc) is 2.33. The predicted molar refractivity (Wildman–Crippen MR) is 73.2 cm³/mol. The van der Waals surface area contributed by atoms with Gasteiger partial charge in [0.15, 0.2) is 0 Å². The molecular weight excluding hydrogens is 226 g/mol. The highest BCUT2D eigenvalue weighted by atomic mass is 16.5. The topological polar surface area (TPSA) is 38.3 Å². The van der Waals surface area contributed by atoms with Crippen molar-refractivity contribution in [2.75, 3.05) is 13.7 Å². The summed E-state index contributed by atoms with van der Waals surface area (Å²) < 4.78 is 4.82. The molecule has 0 radical (unpaired) electrons. The van der Waals surface area contributed by atoms with Gasteiger partial charge in [-0.3, -0.25) is 4.79 Å². The summed E-state index contributed by atoms with van der Waals surface area (Å²) in [5.41, 5.74) is 2.49. The number of hydrogen-bond donors (Lipinski definition) is 1. The summed E-state index contributed by atoms with van der Waals surface area (Å²) in [5.74, 6) is 0.0593. The van der Waals surface area contributed by atoms with E-state index < -0.39 is 0 Å². The Hall–Kier alpha value is -1.35. The van der Waals surface area contributed by atoms with Crippen molar-refractivity contribution >= 4 is 5.97 Å². The number of carbonyl (C=O) groups is 1. The summed E-state index contributed by atoms with van der Waals surface area (Å²) in [6.07, 6.45) is 0. The minimum Gasteiger partial charge on any atom is -0.469 e. The molecule has 0 aliphatic carbocycles. The Bertz CT molecular complexity index is 388. The maximum Gasteiger partial charge on any atom is 0.310 e. The van der Waals surface area contributed by atoms with Crippen molar-refractivity contribution < 1.29 is 9.53 Å². The Morgan fingerprint density at radius 3 is 2.67 bits per heavy atom. The van der Waals surface area contributed by atoms with Crippen LogP contribution in [0.4, 0.5) is 0 Å². The van der Waals surface area contributed by atoms with Gasteiger partial charge in [-0.15, -0.1) is 0 Å². The van der Waals surface area contributed by atoms with Gasteiger partial charge in [0.1, 0.15) is 0 Å². The highest BCUT2D eigenvalue weighted by molar-refractivity contribution is 5.72. The third-order valence-corrected chi connectivity index (χ3v) is 3.08. The van der Waals surface area contributed by atoms with E-state index in [9.17, 15) is 4.79 Å². The first-order chi connectivity index (χ1) is 8.54. The highest BCUT2D eigenvalue weighted by Crippen LogP contribution is 2.12. The van der Waals surface area contributed by atoms with E-state index in [1.54, 1.807) is 0 Å². The van der Waals surface area contributed by atoms with Crippen molar-refractivity contribution in [1.82, 2.24) is 5.32 Å². The van der Waals surface area contributed by atoms with Crippen LogP contribution < -0.4 is 5.32 Å². The number of esters is 1. The number of ether oxygens (including phenoxy) is 1. The standard InChI is InChI=1S/C15H23NO2/c1-11(2)14(15(17)18-4)10-16-9-13-7-5-6-12(3)8-13/h5-8,11,14,16H,9-10H2,1-4H3. The lowest BCUT2D eigenvalue weighted by Gasteiger charge is -2.18. The maximum atomic E-state index is 11.6. The minimum absolute atomic E-state index is 0.0835. The van der Waals surface area contributed by atoms with Gasteiger partial charge in [0.25, 0.3) is 0 Å². The lowest BCUT2D eigenvalue weighted by Crippen LogP contribution is -2.32. The first-order valence-corrected chi connectivity index (χ1v) is 6.38. The van der Waals surface area contributed by atoms with E-state index in [0.29, 0.717) is 6.54 Å². The van der Waals surface area contributed by atoms with Crippen LogP contribution in [-0.4, -0.2) is 19.6 Å². The molecule has 0 amide bonds. The summed E-state index contributed by atoms with van der Waals surface area (Å²) >= 11 is 0. The van der Waals surface area contributed by atoms with E-state index in [-0.39, 0.29) is 17.8 Å². The molecule has 1 atom stereocenters. The number of carbonyl (C=O) groups excluding carboxylic acids is 1. The van der Waals surface area contributed by atoms with Crippen LogP contribution in [0.5, 0.6) is 0 Å². The Kier molecular flexibility index (Phi) is 5.86. The van der Waals surface area contributed by atoms with Crippen LogP contribution in [0.2, 0.25) is 0 Å². The molecule has 0 aliphatic heterocycles. The van der Waals surface area contributed by atoms with Crippen molar-refractivity contribution in [3.8, 4) is 0 Å². The molecule has 3 nitrogen and oxygen atoms in total. The fourth-order valence-electron chi connectivity index (χ4n) is 1.94. The molecule has 100 valence electrons. The van der Waals surface area contributed by atoms with Crippen LogP contribution in [0.15, 0.2) is 24.3 Å². The first kappa shape index (κ1) is 14.7. The van der Waals surface area contributed by atoms with Crippen molar-refractivity contribution in [1.29, 1.82) is 0 Å². The van der Waals surface area contributed by atoms with Crippen LogP contribution in [0, 0.1) is 18.8 Å². The molecule has 0 aromatic heterocycles. The smallest absolute Gasteiger partial charge is 0.310 e. The molecule has 0 aliphatic rings. The molecule has 0 saturated carbocycles. The van der Waals surface area contributed by atoms with Gasteiger partial charge in [0.2, 0.25) is 0 Å². The first-order valence-electron chi connectivity index (χ1n) is 6.38. The minimum atomic E-state index is -0.137. The van der Waals surface area contributed by atoms with E-state index >= 15 is 0 Å². The van der Waals surface area contributed by atoms with Crippen LogP contribution in [0.1, 0.15) is 25.0 Å². The molecule has 0 saturated heterocycles. The second-order valence-corrected chi connectivity index (χ2v) is 4.99. The van der Waals surface area contributed by atoms with Gasteiger partial charge < -0.3 is 10.1 Å². The van der Waals surface area contributed by atoms with Gasteiger partial charge in [0, 0.05) is 13.1 Å². The third kappa shape index (κ3) is 4.49. The van der Waals surface area contributed by atoms with Gasteiger partial charge in [-0.1, -0.05) is 43.7 Å². The normalized spacial score (nSPS) is 12.5. The second-order valence-electron chi connectivity index (χ2n) is 4.99. The molecule has 1 rings (SSSR count). The predicted octanol–water partition coefficient (Wildman–Crippen LogP) is 2.53. The number of nitrogens with one attached hydrogen (secondary N) is 1. The molecule has 0 spiro atoms. The van der Waals surface area contributed by atoms with Crippen LogP contribution in [-0.2, 0) is 16.1 Å².